The zero-order valence-electron chi connectivity index (χ0n) is 20.1. The predicted molar refractivity (Wildman–Crippen MR) is 123 cm³/mol. The van der Waals surface area contributed by atoms with Crippen LogP contribution in [0.2, 0.25) is 0 Å². The van der Waals surface area contributed by atoms with Gasteiger partial charge >= 0.3 is 6.36 Å². The van der Waals surface area contributed by atoms with Crippen molar-refractivity contribution in [2.75, 3.05) is 32.4 Å². The molecule has 2 N–H and O–H groups in total. The van der Waals surface area contributed by atoms with Gasteiger partial charge in [0.05, 0.1) is 5.69 Å². The number of hydrogen-bond acceptors (Lipinski definition) is 6. The van der Waals surface area contributed by atoms with Gasteiger partial charge in [0.2, 0.25) is 0 Å². The fourth-order valence-corrected chi connectivity index (χ4v) is 6.23. The molecule has 1 aliphatic heterocycles. The van der Waals surface area contributed by atoms with Gasteiger partial charge in [0, 0.05) is 61.1 Å². The molecule has 34 heavy (non-hydrogen) atoms. The molecular weight excluding hydrogens is 445 g/mol. The molecule has 2 aromatic heterocycles. The highest BCUT2D eigenvalue weighted by atomic mass is 19.4. The largest absolute Gasteiger partial charge is 0.573 e. The first-order valence-electron chi connectivity index (χ1n) is 12.1. The van der Waals surface area contributed by atoms with E-state index in [1.165, 1.54) is 30.8 Å². The average Bonchev–Trinajstić information content (AvgIpc) is 3.09. The zero-order valence-corrected chi connectivity index (χ0v) is 20.1. The second-order valence-electron chi connectivity index (χ2n) is 10.5. The topological polar surface area (TPSA) is 72.4 Å². The SMILES string of the molecule is CC(C)n1nc(-c2cnc(N)c(OC(F)(F)F)c2)cc1[C@H]1[C@@H]2C[C@@H](N3CCN(C)C[C@@H]3C)C[C@@H]21. The summed E-state index contributed by atoms with van der Waals surface area (Å²) in [6.07, 6.45) is -0.974. The summed E-state index contributed by atoms with van der Waals surface area (Å²) in [5, 5.41) is 4.75. The number of piperazine rings is 1. The molecule has 3 heterocycles. The van der Waals surface area contributed by atoms with Crippen LogP contribution in [-0.4, -0.2) is 69.7 Å². The maximum absolute atomic E-state index is 12.8. The van der Waals surface area contributed by atoms with Gasteiger partial charge in [-0.15, -0.1) is 13.2 Å². The maximum atomic E-state index is 12.8. The van der Waals surface area contributed by atoms with Crippen LogP contribution in [0.15, 0.2) is 18.3 Å². The fraction of sp³-hybridized carbons (Fsp3) is 0.667. The van der Waals surface area contributed by atoms with Crippen LogP contribution in [0.4, 0.5) is 19.0 Å². The number of nitrogens with zero attached hydrogens (tertiary/aromatic N) is 5. The molecule has 0 aromatic carbocycles. The average molecular weight is 479 g/mol. The second-order valence-corrected chi connectivity index (χ2v) is 10.5. The van der Waals surface area contributed by atoms with Crippen molar-refractivity contribution in [1.82, 2.24) is 24.6 Å². The Hall–Kier alpha value is -2.33. The van der Waals surface area contributed by atoms with Gasteiger partial charge in [0.15, 0.2) is 11.6 Å². The van der Waals surface area contributed by atoms with Gasteiger partial charge in [-0.2, -0.15) is 5.10 Å². The summed E-state index contributed by atoms with van der Waals surface area (Å²) in [5.41, 5.74) is 7.83. The Morgan fingerprint density at radius 1 is 1.15 bits per heavy atom. The van der Waals surface area contributed by atoms with E-state index in [0.29, 0.717) is 41.1 Å². The predicted octanol–water partition coefficient (Wildman–Crippen LogP) is 4.13. The summed E-state index contributed by atoms with van der Waals surface area (Å²) in [7, 11) is 2.19. The number of hydrogen-bond donors (Lipinski definition) is 1. The molecular formula is C24H33F3N6O. The lowest BCUT2D eigenvalue weighted by Gasteiger charge is -2.42. The molecule has 10 heteroatoms. The van der Waals surface area contributed by atoms with Gasteiger partial charge in [-0.25, -0.2) is 4.98 Å². The van der Waals surface area contributed by atoms with Crippen LogP contribution in [0.5, 0.6) is 5.75 Å². The lowest BCUT2D eigenvalue weighted by molar-refractivity contribution is -0.274. The number of anilines is 1. The summed E-state index contributed by atoms with van der Waals surface area (Å²) in [5.74, 6) is 0.944. The van der Waals surface area contributed by atoms with E-state index < -0.39 is 12.1 Å². The number of pyridine rings is 1. The smallest absolute Gasteiger partial charge is 0.402 e. The lowest BCUT2D eigenvalue weighted by Crippen LogP contribution is -2.54. The number of ether oxygens (including phenoxy) is 1. The quantitative estimate of drug-likeness (QED) is 0.697. The molecule has 0 bridgehead atoms. The molecule has 186 valence electrons. The first kappa shape index (κ1) is 23.4. The van der Waals surface area contributed by atoms with Crippen LogP contribution < -0.4 is 10.5 Å². The van der Waals surface area contributed by atoms with E-state index in [2.05, 4.69) is 47.3 Å². The second kappa shape index (κ2) is 8.41. The number of likely N-dealkylation sites (N-methyl/N-ethyl adjacent to an activating group) is 1. The number of aromatic nitrogens is 3. The van der Waals surface area contributed by atoms with Gasteiger partial charge in [-0.3, -0.25) is 9.58 Å². The Balaban J connectivity index is 1.35. The first-order chi connectivity index (χ1) is 16.0. The number of rotatable bonds is 5. The van der Waals surface area contributed by atoms with Crippen LogP contribution in [0.3, 0.4) is 0 Å². The van der Waals surface area contributed by atoms with E-state index in [1.807, 2.05) is 10.7 Å². The highest BCUT2D eigenvalue weighted by Crippen LogP contribution is 2.64. The Bertz CT molecular complexity index is 1040. The van der Waals surface area contributed by atoms with Crippen LogP contribution >= 0.6 is 0 Å². The van der Waals surface area contributed by atoms with E-state index in [0.717, 1.165) is 19.6 Å². The minimum Gasteiger partial charge on any atom is -0.402 e. The van der Waals surface area contributed by atoms with Crippen molar-refractivity contribution in [3.05, 3.63) is 24.0 Å². The van der Waals surface area contributed by atoms with Crippen LogP contribution in [0, 0.1) is 11.8 Å². The van der Waals surface area contributed by atoms with E-state index in [1.54, 1.807) is 0 Å². The van der Waals surface area contributed by atoms with E-state index in [9.17, 15) is 13.2 Å². The standard InChI is InChI=1S/C24H33F3N6O/c1-13(2)33-20(10-19(30-33)15-7-21(23(28)29-11-15)34-24(25,26)27)22-17-8-16(9-18(17)22)32-6-5-31(4)12-14(32)3/h7,10-11,13-14,16-18,22H,5-6,8-9,12H2,1-4H3,(H2,28,29)/t14-,16-,17-,18+,22+/m0/s1. The third-order valence-corrected chi connectivity index (χ3v) is 7.77. The monoisotopic (exact) mass is 478 g/mol. The summed E-state index contributed by atoms with van der Waals surface area (Å²) in [6, 6.07) is 4.66. The molecule has 0 unspecified atom stereocenters. The minimum atomic E-state index is -4.83. The van der Waals surface area contributed by atoms with Gasteiger partial charge in [-0.05, 0) is 64.6 Å². The molecule has 0 radical (unpaired) electrons. The minimum absolute atomic E-state index is 0.145. The van der Waals surface area contributed by atoms with E-state index in [4.69, 9.17) is 10.8 Å². The molecule has 7 nitrogen and oxygen atoms in total. The third-order valence-electron chi connectivity index (χ3n) is 7.77. The fourth-order valence-electron chi connectivity index (χ4n) is 6.23. The number of alkyl halides is 3. The Morgan fingerprint density at radius 2 is 1.85 bits per heavy atom. The van der Waals surface area contributed by atoms with Crippen LogP contribution in [0.25, 0.3) is 11.3 Å². The van der Waals surface area contributed by atoms with Crippen molar-refractivity contribution in [2.24, 2.45) is 11.8 Å². The molecule has 0 amide bonds. The Labute approximate surface area is 198 Å². The van der Waals surface area contributed by atoms with Crippen molar-refractivity contribution < 1.29 is 17.9 Å². The molecule has 3 aliphatic rings. The van der Waals surface area contributed by atoms with Crippen molar-refractivity contribution in [2.45, 2.75) is 64.0 Å². The first-order valence-corrected chi connectivity index (χ1v) is 12.1. The Morgan fingerprint density at radius 3 is 2.47 bits per heavy atom. The van der Waals surface area contributed by atoms with Gasteiger partial charge in [0.25, 0.3) is 0 Å². The third kappa shape index (κ3) is 4.37. The van der Waals surface area contributed by atoms with Gasteiger partial charge in [-0.1, -0.05) is 0 Å². The molecule has 2 saturated carbocycles. The lowest BCUT2D eigenvalue weighted by atomic mass is 10.00. The molecule has 1 saturated heterocycles. The number of halogens is 3. The normalized spacial score (nSPS) is 30.1. The van der Waals surface area contributed by atoms with Crippen molar-refractivity contribution in [3.8, 4) is 17.0 Å². The molecule has 0 spiro atoms. The van der Waals surface area contributed by atoms with Crippen molar-refractivity contribution in [3.63, 3.8) is 0 Å². The van der Waals surface area contributed by atoms with Crippen molar-refractivity contribution >= 4 is 5.82 Å². The van der Waals surface area contributed by atoms with Gasteiger partial charge in [0.1, 0.15) is 0 Å². The van der Waals surface area contributed by atoms with E-state index in [-0.39, 0.29) is 11.9 Å². The number of fused-ring (bicyclic) bond motifs is 1. The number of nitrogens with two attached hydrogens (primary N) is 1. The van der Waals surface area contributed by atoms with Crippen molar-refractivity contribution in [1.29, 1.82) is 0 Å². The summed E-state index contributed by atoms with van der Waals surface area (Å²) in [4.78, 5) is 9.00. The van der Waals surface area contributed by atoms with Crippen LogP contribution in [0.1, 0.15) is 51.3 Å². The summed E-state index contributed by atoms with van der Waals surface area (Å²) in [6.45, 7) is 9.86. The highest BCUT2D eigenvalue weighted by Gasteiger charge is 2.59. The zero-order chi connectivity index (χ0) is 24.4. The molecule has 3 fully saturated rings. The van der Waals surface area contributed by atoms with Crippen LogP contribution in [-0.2, 0) is 0 Å². The molecule has 5 atom stereocenters. The van der Waals surface area contributed by atoms with E-state index >= 15 is 0 Å². The molecule has 2 aliphatic carbocycles. The highest BCUT2D eigenvalue weighted by molar-refractivity contribution is 5.64. The summed E-state index contributed by atoms with van der Waals surface area (Å²) >= 11 is 0. The summed E-state index contributed by atoms with van der Waals surface area (Å²) < 4.78 is 44.3. The Kier molecular flexibility index (Phi) is 5.79. The maximum Gasteiger partial charge on any atom is 0.573 e. The van der Waals surface area contributed by atoms with Gasteiger partial charge < -0.3 is 15.4 Å². The number of nitrogen functional groups attached to an aromatic ring is 1. The molecule has 5 rings (SSSR count). The molecule has 2 aromatic rings.